The number of carbonyl (C=O) groups excluding carboxylic acids is 1. The van der Waals surface area contributed by atoms with Crippen LogP contribution in [0.5, 0.6) is 0 Å². The number of hydrogen-bond acceptors (Lipinski definition) is 2. The monoisotopic (exact) mass is 270 g/mol. The number of carbonyl (C=O) groups is 1. The molecule has 1 heterocycles. The van der Waals surface area contributed by atoms with Crippen LogP contribution in [0, 0.1) is 5.41 Å². The molecule has 0 radical (unpaired) electrons. The van der Waals surface area contributed by atoms with Gasteiger partial charge in [-0.1, -0.05) is 6.07 Å². The van der Waals surface area contributed by atoms with Gasteiger partial charge in [0.2, 0.25) is 0 Å². The van der Waals surface area contributed by atoms with Gasteiger partial charge in [0.1, 0.15) is 0 Å². The van der Waals surface area contributed by atoms with Crippen molar-refractivity contribution >= 4 is 11.6 Å². The highest BCUT2D eigenvalue weighted by Crippen LogP contribution is 2.54. The van der Waals surface area contributed by atoms with Crippen molar-refractivity contribution in [1.82, 2.24) is 0 Å². The van der Waals surface area contributed by atoms with Gasteiger partial charge in [0.05, 0.1) is 5.56 Å². The minimum absolute atomic E-state index is 0.245. The lowest BCUT2D eigenvalue weighted by Gasteiger charge is -2.35. The Bertz CT molecular complexity index is 565. The van der Waals surface area contributed by atoms with E-state index < -0.39 is 0 Å². The second-order valence-electron chi connectivity index (χ2n) is 6.80. The Kier molecular flexibility index (Phi) is 2.60. The van der Waals surface area contributed by atoms with Crippen LogP contribution in [0.2, 0.25) is 0 Å². The maximum atomic E-state index is 12.0. The van der Waals surface area contributed by atoms with Crippen molar-refractivity contribution in [3.8, 4) is 0 Å². The van der Waals surface area contributed by atoms with E-state index in [9.17, 15) is 4.79 Å². The Labute approximate surface area is 120 Å². The van der Waals surface area contributed by atoms with Crippen LogP contribution in [-0.2, 0) is 12.8 Å². The Balaban J connectivity index is 1.69. The topological polar surface area (TPSA) is 46.3 Å². The number of fused-ring (bicyclic) bond motifs is 1. The number of nitrogens with zero attached hydrogens (tertiary/aromatic N) is 1. The molecular formula is C17H22N2O. The fourth-order valence-electron chi connectivity index (χ4n) is 4.09. The summed E-state index contributed by atoms with van der Waals surface area (Å²) in [7, 11) is 0. The molecule has 1 aromatic rings. The molecule has 3 heteroatoms. The largest absolute Gasteiger partial charge is 0.371 e. The number of anilines is 1. The molecule has 2 aliphatic carbocycles. The number of hydrogen-bond donors (Lipinski definition) is 1. The van der Waals surface area contributed by atoms with Crippen LogP contribution >= 0.6 is 0 Å². The molecule has 1 aliphatic heterocycles. The highest BCUT2D eigenvalue weighted by atomic mass is 16.1. The van der Waals surface area contributed by atoms with Crippen molar-refractivity contribution in [2.24, 2.45) is 11.1 Å². The van der Waals surface area contributed by atoms with E-state index in [2.05, 4.69) is 17.0 Å². The SMILES string of the molecule is NC(=O)c1c(N2CCC3(CC2)CC3)ccc2c1CCC2. The molecule has 0 aromatic heterocycles. The molecule has 2 fully saturated rings. The molecule has 1 aromatic carbocycles. The molecule has 1 saturated carbocycles. The summed E-state index contributed by atoms with van der Waals surface area (Å²) in [6.07, 6.45) is 8.65. The van der Waals surface area contributed by atoms with E-state index in [4.69, 9.17) is 5.73 Å². The van der Waals surface area contributed by atoms with Gasteiger partial charge in [0.15, 0.2) is 0 Å². The second-order valence-corrected chi connectivity index (χ2v) is 6.80. The van der Waals surface area contributed by atoms with E-state index in [1.807, 2.05) is 0 Å². The van der Waals surface area contributed by atoms with E-state index in [1.54, 1.807) is 0 Å². The first-order chi connectivity index (χ1) is 9.69. The number of aryl methyl sites for hydroxylation is 1. The molecule has 1 amide bonds. The predicted octanol–water partition coefficient (Wildman–Crippen LogP) is 2.65. The van der Waals surface area contributed by atoms with Crippen LogP contribution in [0.1, 0.15) is 53.6 Å². The molecule has 1 spiro atoms. The molecule has 4 rings (SSSR count). The summed E-state index contributed by atoms with van der Waals surface area (Å²) < 4.78 is 0. The first-order valence-electron chi connectivity index (χ1n) is 7.88. The molecule has 3 nitrogen and oxygen atoms in total. The molecule has 1 saturated heterocycles. The normalized spacial score (nSPS) is 22.9. The third-order valence-electron chi connectivity index (χ3n) is 5.63. The van der Waals surface area contributed by atoms with Crippen molar-refractivity contribution in [3.05, 3.63) is 28.8 Å². The Morgan fingerprint density at radius 3 is 2.50 bits per heavy atom. The average Bonchev–Trinajstić information content (AvgIpc) is 3.02. The van der Waals surface area contributed by atoms with Crippen molar-refractivity contribution in [3.63, 3.8) is 0 Å². The third kappa shape index (κ3) is 1.83. The second kappa shape index (κ2) is 4.24. The fraction of sp³-hybridized carbons (Fsp3) is 0.588. The Hall–Kier alpha value is -1.51. The zero-order valence-corrected chi connectivity index (χ0v) is 12.0. The van der Waals surface area contributed by atoms with Gasteiger partial charge in [-0.25, -0.2) is 0 Å². The molecular weight excluding hydrogens is 248 g/mol. The van der Waals surface area contributed by atoms with Crippen molar-refractivity contribution < 1.29 is 4.79 Å². The van der Waals surface area contributed by atoms with Crippen LogP contribution < -0.4 is 10.6 Å². The van der Waals surface area contributed by atoms with E-state index in [1.165, 1.54) is 36.8 Å². The van der Waals surface area contributed by atoms with Gasteiger partial charge in [0.25, 0.3) is 5.91 Å². The molecule has 0 bridgehead atoms. The summed E-state index contributed by atoms with van der Waals surface area (Å²) in [5.74, 6) is -0.245. The maximum Gasteiger partial charge on any atom is 0.251 e. The predicted molar refractivity (Wildman–Crippen MR) is 80.1 cm³/mol. The molecule has 2 N–H and O–H groups in total. The van der Waals surface area contributed by atoms with Crippen LogP contribution in [0.3, 0.4) is 0 Å². The van der Waals surface area contributed by atoms with Gasteiger partial charge in [-0.05, 0) is 67.6 Å². The standard InChI is InChI=1S/C17H22N2O/c18-16(20)15-13-3-1-2-12(13)4-5-14(15)19-10-8-17(6-7-17)9-11-19/h4-5H,1-3,6-11H2,(H2,18,20). The first-order valence-corrected chi connectivity index (χ1v) is 7.88. The number of rotatable bonds is 2. The zero-order valence-electron chi connectivity index (χ0n) is 12.0. The molecule has 106 valence electrons. The number of piperidine rings is 1. The summed E-state index contributed by atoms with van der Waals surface area (Å²) in [6.45, 7) is 2.16. The number of amides is 1. The van der Waals surface area contributed by atoms with E-state index in [-0.39, 0.29) is 5.91 Å². The van der Waals surface area contributed by atoms with Crippen molar-refractivity contribution in [2.75, 3.05) is 18.0 Å². The lowest BCUT2D eigenvalue weighted by molar-refractivity contribution is 0.1000. The molecule has 0 unspecified atom stereocenters. The van der Waals surface area contributed by atoms with Gasteiger partial charge in [-0.3, -0.25) is 4.79 Å². The van der Waals surface area contributed by atoms with Crippen molar-refractivity contribution in [1.29, 1.82) is 0 Å². The minimum Gasteiger partial charge on any atom is -0.371 e. The number of benzene rings is 1. The lowest BCUT2D eigenvalue weighted by atomic mass is 9.92. The molecule has 0 atom stereocenters. The Morgan fingerprint density at radius 2 is 1.85 bits per heavy atom. The van der Waals surface area contributed by atoms with Crippen LogP contribution in [0.4, 0.5) is 5.69 Å². The number of nitrogens with two attached hydrogens (primary N) is 1. The smallest absolute Gasteiger partial charge is 0.251 e. The molecule has 3 aliphatic rings. The summed E-state index contributed by atoms with van der Waals surface area (Å²) in [5.41, 5.74) is 10.8. The summed E-state index contributed by atoms with van der Waals surface area (Å²) in [4.78, 5) is 14.4. The van der Waals surface area contributed by atoms with Crippen LogP contribution in [0.15, 0.2) is 12.1 Å². The minimum atomic E-state index is -0.245. The summed E-state index contributed by atoms with van der Waals surface area (Å²) in [6, 6.07) is 4.35. The van der Waals surface area contributed by atoms with E-state index in [0.29, 0.717) is 5.41 Å². The van der Waals surface area contributed by atoms with Crippen LogP contribution in [-0.4, -0.2) is 19.0 Å². The van der Waals surface area contributed by atoms with Gasteiger partial charge in [0, 0.05) is 18.8 Å². The summed E-state index contributed by atoms with van der Waals surface area (Å²) in [5, 5.41) is 0. The first kappa shape index (κ1) is 12.2. The van der Waals surface area contributed by atoms with Gasteiger partial charge in [-0.15, -0.1) is 0 Å². The maximum absolute atomic E-state index is 12.0. The lowest BCUT2D eigenvalue weighted by Crippen LogP contribution is -2.36. The third-order valence-corrected chi connectivity index (χ3v) is 5.63. The van der Waals surface area contributed by atoms with E-state index >= 15 is 0 Å². The van der Waals surface area contributed by atoms with Crippen LogP contribution in [0.25, 0.3) is 0 Å². The highest BCUT2D eigenvalue weighted by Gasteiger charge is 2.44. The van der Waals surface area contributed by atoms with Gasteiger partial charge >= 0.3 is 0 Å². The quantitative estimate of drug-likeness (QED) is 0.898. The fourth-order valence-corrected chi connectivity index (χ4v) is 4.09. The van der Waals surface area contributed by atoms with Gasteiger partial charge in [-0.2, -0.15) is 0 Å². The summed E-state index contributed by atoms with van der Waals surface area (Å²) >= 11 is 0. The van der Waals surface area contributed by atoms with Gasteiger partial charge < -0.3 is 10.6 Å². The van der Waals surface area contributed by atoms with E-state index in [0.717, 1.165) is 43.6 Å². The Morgan fingerprint density at radius 1 is 1.10 bits per heavy atom. The zero-order chi connectivity index (χ0) is 13.7. The highest BCUT2D eigenvalue weighted by molar-refractivity contribution is 6.00. The van der Waals surface area contributed by atoms with Crippen molar-refractivity contribution in [2.45, 2.75) is 44.9 Å². The average molecular weight is 270 g/mol. The number of primary amides is 1. The molecule has 20 heavy (non-hydrogen) atoms.